The molecule has 1 N–H and O–H groups in total. The Morgan fingerprint density at radius 1 is 1.29 bits per heavy atom. The van der Waals surface area contributed by atoms with Gasteiger partial charge in [0.1, 0.15) is 10.7 Å². The van der Waals surface area contributed by atoms with Crippen LogP contribution in [0, 0.1) is 12.7 Å². The van der Waals surface area contributed by atoms with Gasteiger partial charge in [-0.1, -0.05) is 12.1 Å². The van der Waals surface area contributed by atoms with Gasteiger partial charge in [-0.05, 0) is 43.4 Å². The Morgan fingerprint density at radius 2 is 1.95 bits per heavy atom. The number of carbonyl (C=O) groups is 1. The molecule has 0 radical (unpaired) electrons. The molecule has 1 fully saturated rings. The molecule has 1 saturated heterocycles. The van der Waals surface area contributed by atoms with Crippen LogP contribution in [0.5, 0.6) is 0 Å². The van der Waals surface area contributed by atoms with Crippen molar-refractivity contribution in [1.82, 2.24) is 10.2 Å². The first kappa shape index (κ1) is 16.4. The van der Waals surface area contributed by atoms with Gasteiger partial charge in [0.15, 0.2) is 0 Å². The molecule has 6 heteroatoms. The van der Waals surface area contributed by atoms with Crippen LogP contribution in [-0.2, 0) is 0 Å². The van der Waals surface area contributed by atoms with E-state index in [1.165, 1.54) is 6.07 Å². The van der Waals surface area contributed by atoms with E-state index in [0.717, 1.165) is 32.4 Å². The van der Waals surface area contributed by atoms with Crippen molar-refractivity contribution in [3.05, 3.63) is 35.1 Å². The highest BCUT2D eigenvalue weighted by Gasteiger charge is 2.25. The molecule has 1 atom stereocenters. The summed E-state index contributed by atoms with van der Waals surface area (Å²) in [5.41, 5.74) is 1.11. The van der Waals surface area contributed by atoms with E-state index >= 15 is 0 Å². The Balaban J connectivity index is 2.11. The van der Waals surface area contributed by atoms with Gasteiger partial charge in [-0.25, -0.2) is 9.18 Å². The van der Waals surface area contributed by atoms with Crippen molar-refractivity contribution in [3.8, 4) is 0 Å². The highest BCUT2D eigenvalue weighted by Crippen LogP contribution is 2.26. The molecule has 3 nitrogen and oxygen atoms in total. The maximum Gasteiger partial charge on any atom is 0.317 e. The Kier molecular flexibility index (Phi) is 5.71. The lowest BCUT2D eigenvalue weighted by Crippen LogP contribution is -2.45. The molecule has 21 heavy (non-hydrogen) atoms. The first-order valence-corrected chi connectivity index (χ1v) is 7.96. The minimum absolute atomic E-state index is 0.202. The average molecular weight is 333 g/mol. The van der Waals surface area contributed by atoms with E-state index in [9.17, 15) is 9.18 Å². The van der Waals surface area contributed by atoms with E-state index in [4.69, 9.17) is 23.2 Å². The standard InChI is InChI=1S/C15H19Cl2FN2O/c1-10-5-6-11(9-12(10)18)13(14(16)17)19-15(21)20-7-3-2-4-8-20/h5-6,9,13-14H,2-4,7-8H2,1H3,(H,19,21). The summed E-state index contributed by atoms with van der Waals surface area (Å²) in [6.07, 6.45) is 3.15. The number of carbonyl (C=O) groups excluding carboxylic acids is 1. The summed E-state index contributed by atoms with van der Waals surface area (Å²) in [5, 5.41) is 2.81. The van der Waals surface area contributed by atoms with Gasteiger partial charge < -0.3 is 10.2 Å². The summed E-state index contributed by atoms with van der Waals surface area (Å²) < 4.78 is 13.7. The fraction of sp³-hybridized carbons (Fsp3) is 0.533. The Hall–Kier alpha value is -1.00. The van der Waals surface area contributed by atoms with Crippen molar-refractivity contribution in [2.45, 2.75) is 37.1 Å². The molecule has 1 aromatic rings. The van der Waals surface area contributed by atoms with E-state index < -0.39 is 10.9 Å². The lowest BCUT2D eigenvalue weighted by Gasteiger charge is -2.30. The van der Waals surface area contributed by atoms with Gasteiger partial charge in [0.25, 0.3) is 0 Å². The third-order valence-corrected chi connectivity index (χ3v) is 4.23. The van der Waals surface area contributed by atoms with Crippen LogP contribution in [0.1, 0.15) is 36.4 Å². The zero-order chi connectivity index (χ0) is 15.4. The van der Waals surface area contributed by atoms with Gasteiger partial charge in [-0.3, -0.25) is 0 Å². The molecule has 0 saturated carbocycles. The summed E-state index contributed by atoms with van der Waals surface area (Å²) >= 11 is 11.9. The summed E-state index contributed by atoms with van der Waals surface area (Å²) in [7, 11) is 0. The molecule has 2 rings (SSSR count). The number of benzene rings is 1. The summed E-state index contributed by atoms with van der Waals surface area (Å²) in [6.45, 7) is 3.14. The largest absolute Gasteiger partial charge is 0.328 e. The van der Waals surface area contributed by atoms with Crippen LogP contribution in [0.2, 0.25) is 0 Å². The third-order valence-electron chi connectivity index (χ3n) is 3.73. The molecule has 1 heterocycles. The first-order valence-electron chi connectivity index (χ1n) is 7.08. The molecule has 0 bridgehead atoms. The monoisotopic (exact) mass is 332 g/mol. The van der Waals surface area contributed by atoms with Gasteiger partial charge in [0.05, 0.1) is 6.04 Å². The SMILES string of the molecule is Cc1ccc(C(NC(=O)N2CCCCC2)C(Cl)Cl)cc1F. The fourth-order valence-electron chi connectivity index (χ4n) is 2.42. The van der Waals surface area contributed by atoms with Crippen molar-refractivity contribution in [2.75, 3.05) is 13.1 Å². The average Bonchev–Trinajstić information content (AvgIpc) is 2.48. The minimum atomic E-state index is -0.846. The molecule has 2 amide bonds. The molecule has 0 aliphatic carbocycles. The third kappa shape index (κ3) is 4.24. The minimum Gasteiger partial charge on any atom is -0.328 e. The molecule has 1 aromatic carbocycles. The number of halogens is 3. The number of piperidine rings is 1. The smallest absolute Gasteiger partial charge is 0.317 e. The molecule has 1 aliphatic rings. The van der Waals surface area contributed by atoms with Crippen LogP contribution in [-0.4, -0.2) is 28.9 Å². The highest BCUT2D eigenvalue weighted by atomic mass is 35.5. The summed E-state index contributed by atoms with van der Waals surface area (Å²) in [4.78, 5) is 13.1. The Labute approximate surface area is 134 Å². The number of nitrogens with zero attached hydrogens (tertiary/aromatic N) is 1. The number of alkyl halides is 2. The predicted molar refractivity (Wildman–Crippen MR) is 83.3 cm³/mol. The van der Waals surface area contributed by atoms with E-state index in [0.29, 0.717) is 11.1 Å². The number of rotatable bonds is 3. The number of urea groups is 1. The normalized spacial score (nSPS) is 16.9. The quantitative estimate of drug-likeness (QED) is 0.827. The van der Waals surface area contributed by atoms with Gasteiger partial charge in [-0.15, -0.1) is 23.2 Å². The second kappa shape index (κ2) is 7.32. The fourth-order valence-corrected chi connectivity index (χ4v) is 2.83. The molecule has 1 unspecified atom stereocenters. The lowest BCUT2D eigenvalue weighted by atomic mass is 10.1. The number of aryl methyl sites for hydroxylation is 1. The van der Waals surface area contributed by atoms with Gasteiger partial charge in [-0.2, -0.15) is 0 Å². The number of amides is 2. The van der Waals surface area contributed by atoms with E-state index in [1.54, 1.807) is 24.0 Å². The lowest BCUT2D eigenvalue weighted by molar-refractivity contribution is 0.183. The van der Waals surface area contributed by atoms with Crippen molar-refractivity contribution in [3.63, 3.8) is 0 Å². The molecule has 0 spiro atoms. The van der Waals surface area contributed by atoms with E-state index in [2.05, 4.69) is 5.32 Å². The zero-order valence-corrected chi connectivity index (χ0v) is 13.4. The topological polar surface area (TPSA) is 32.3 Å². The molecular formula is C15H19Cl2FN2O. The summed E-state index contributed by atoms with van der Waals surface area (Å²) in [5.74, 6) is -0.335. The Bertz CT molecular complexity index is 504. The second-order valence-corrected chi connectivity index (χ2v) is 6.48. The second-order valence-electron chi connectivity index (χ2n) is 5.32. The molecular weight excluding hydrogens is 314 g/mol. The predicted octanol–water partition coefficient (Wildman–Crippen LogP) is 4.17. The van der Waals surface area contributed by atoms with Crippen molar-refractivity contribution in [1.29, 1.82) is 0 Å². The number of hydrogen-bond donors (Lipinski definition) is 1. The Morgan fingerprint density at radius 3 is 2.52 bits per heavy atom. The maximum absolute atomic E-state index is 13.7. The number of likely N-dealkylation sites (tertiary alicyclic amines) is 1. The van der Waals surface area contributed by atoms with E-state index in [1.807, 2.05) is 0 Å². The van der Waals surface area contributed by atoms with E-state index in [-0.39, 0.29) is 11.8 Å². The molecule has 1 aliphatic heterocycles. The zero-order valence-electron chi connectivity index (χ0n) is 11.9. The first-order chi connectivity index (χ1) is 9.99. The van der Waals surface area contributed by atoms with Crippen LogP contribution in [0.25, 0.3) is 0 Å². The van der Waals surface area contributed by atoms with Gasteiger partial charge >= 0.3 is 6.03 Å². The summed E-state index contributed by atoms with van der Waals surface area (Å²) in [6, 6.07) is 3.93. The van der Waals surface area contributed by atoms with Crippen LogP contribution in [0.3, 0.4) is 0 Å². The van der Waals surface area contributed by atoms with Crippen LogP contribution >= 0.6 is 23.2 Å². The van der Waals surface area contributed by atoms with Crippen LogP contribution < -0.4 is 5.32 Å². The van der Waals surface area contributed by atoms with Crippen molar-refractivity contribution in [2.24, 2.45) is 0 Å². The van der Waals surface area contributed by atoms with Crippen LogP contribution in [0.4, 0.5) is 9.18 Å². The molecule has 116 valence electrons. The van der Waals surface area contributed by atoms with Crippen molar-refractivity contribution < 1.29 is 9.18 Å². The van der Waals surface area contributed by atoms with Gasteiger partial charge in [0.2, 0.25) is 0 Å². The molecule has 0 aromatic heterocycles. The highest BCUT2D eigenvalue weighted by molar-refractivity contribution is 6.44. The number of nitrogens with one attached hydrogen (secondary N) is 1. The van der Waals surface area contributed by atoms with Crippen LogP contribution in [0.15, 0.2) is 18.2 Å². The van der Waals surface area contributed by atoms with Gasteiger partial charge in [0, 0.05) is 13.1 Å². The van der Waals surface area contributed by atoms with Crippen molar-refractivity contribution >= 4 is 29.2 Å². The maximum atomic E-state index is 13.7. The number of hydrogen-bond acceptors (Lipinski definition) is 1.